The third-order valence-corrected chi connectivity index (χ3v) is 13.1. The van der Waals surface area contributed by atoms with Crippen LogP contribution in [0.4, 0.5) is 11.4 Å². The summed E-state index contributed by atoms with van der Waals surface area (Å²) in [6, 6.07) is 44.8. The summed E-state index contributed by atoms with van der Waals surface area (Å²) >= 11 is 0. The molecule has 58 heavy (non-hydrogen) atoms. The molecule has 0 bridgehead atoms. The van der Waals surface area contributed by atoms with Crippen LogP contribution in [0.15, 0.2) is 139 Å². The number of hydrogen-bond donors (Lipinski definition) is 0. The zero-order chi connectivity index (χ0) is 40.9. The third kappa shape index (κ3) is 6.39. The van der Waals surface area contributed by atoms with E-state index < -0.39 is 0 Å². The van der Waals surface area contributed by atoms with Crippen molar-refractivity contribution in [2.45, 2.75) is 99.3 Å². The Kier molecular flexibility index (Phi) is 8.94. The molecule has 0 spiro atoms. The van der Waals surface area contributed by atoms with E-state index in [2.05, 4.69) is 215 Å². The van der Waals surface area contributed by atoms with Crippen molar-refractivity contribution in [1.82, 2.24) is 0 Å². The van der Waals surface area contributed by atoms with Crippen molar-refractivity contribution in [1.29, 1.82) is 0 Å². The summed E-state index contributed by atoms with van der Waals surface area (Å²) in [7, 11) is 0. The van der Waals surface area contributed by atoms with Crippen LogP contribution in [0, 0.1) is 11.3 Å². The SMILES string of the molecule is CC(C)c1ccc2c(-c3ccc4ccc5cc(C(C)(C)C)cc6ccc3c4c56)c3ccccc3c(N(C3=CCC(C(C)(C)C)C=C3)c3ccc(C(C)(C)C)cc3)c2c1. The molecule has 0 heterocycles. The molecule has 0 N–H and O–H groups in total. The molecule has 1 atom stereocenters. The van der Waals surface area contributed by atoms with Gasteiger partial charge in [-0.25, -0.2) is 0 Å². The van der Waals surface area contributed by atoms with Gasteiger partial charge in [0.15, 0.2) is 0 Å². The van der Waals surface area contributed by atoms with Crippen molar-refractivity contribution in [3.63, 3.8) is 0 Å². The van der Waals surface area contributed by atoms with E-state index >= 15 is 0 Å². The van der Waals surface area contributed by atoms with E-state index in [-0.39, 0.29) is 16.2 Å². The summed E-state index contributed by atoms with van der Waals surface area (Å²) in [6.45, 7) is 25.6. The number of rotatable bonds is 5. The highest BCUT2D eigenvalue weighted by Crippen LogP contribution is 2.51. The van der Waals surface area contributed by atoms with E-state index in [1.54, 1.807) is 0 Å². The summed E-state index contributed by atoms with van der Waals surface area (Å²) < 4.78 is 0. The molecular formula is C57H59N. The molecule has 0 saturated heterocycles. The molecule has 0 saturated carbocycles. The van der Waals surface area contributed by atoms with Gasteiger partial charge in [0.25, 0.3) is 0 Å². The van der Waals surface area contributed by atoms with E-state index in [4.69, 9.17) is 0 Å². The predicted octanol–water partition coefficient (Wildman–Crippen LogP) is 16.9. The minimum absolute atomic E-state index is 0.0655. The number of fused-ring (bicyclic) bond motifs is 2. The average molecular weight is 758 g/mol. The van der Waals surface area contributed by atoms with Crippen LogP contribution in [-0.4, -0.2) is 0 Å². The molecule has 292 valence electrons. The molecule has 1 heteroatoms. The topological polar surface area (TPSA) is 3.24 Å². The third-order valence-electron chi connectivity index (χ3n) is 13.1. The van der Waals surface area contributed by atoms with Crippen molar-refractivity contribution in [2.24, 2.45) is 11.3 Å². The van der Waals surface area contributed by atoms with Gasteiger partial charge in [-0.3, -0.25) is 0 Å². The quantitative estimate of drug-likeness (QED) is 0.125. The van der Waals surface area contributed by atoms with Gasteiger partial charge >= 0.3 is 0 Å². The van der Waals surface area contributed by atoms with Crippen LogP contribution >= 0.6 is 0 Å². The highest BCUT2D eigenvalue weighted by molar-refractivity contribution is 6.29. The zero-order valence-electron chi connectivity index (χ0n) is 36.5. The molecule has 1 nitrogen and oxygen atoms in total. The minimum Gasteiger partial charge on any atom is -0.310 e. The van der Waals surface area contributed by atoms with E-state index in [1.165, 1.54) is 98.8 Å². The molecule has 0 aromatic heterocycles. The number of hydrogen-bond acceptors (Lipinski definition) is 1. The molecule has 1 aliphatic carbocycles. The fraction of sp³-hybridized carbons (Fsp3) is 0.298. The van der Waals surface area contributed by atoms with Gasteiger partial charge in [-0.15, -0.1) is 0 Å². The normalized spacial score (nSPS) is 15.4. The van der Waals surface area contributed by atoms with Gasteiger partial charge in [0, 0.05) is 22.2 Å². The molecule has 0 fully saturated rings. The number of benzene rings is 8. The molecule has 1 unspecified atom stereocenters. The van der Waals surface area contributed by atoms with Crippen molar-refractivity contribution < 1.29 is 0 Å². The lowest BCUT2D eigenvalue weighted by molar-refractivity contribution is 0.293. The fourth-order valence-corrected chi connectivity index (χ4v) is 9.47. The van der Waals surface area contributed by atoms with Crippen LogP contribution < -0.4 is 4.90 Å². The minimum atomic E-state index is 0.0655. The summed E-state index contributed by atoms with van der Waals surface area (Å²) in [4.78, 5) is 2.57. The Balaban J connectivity index is 1.37. The lowest BCUT2D eigenvalue weighted by atomic mass is 9.77. The van der Waals surface area contributed by atoms with Gasteiger partial charge in [0.2, 0.25) is 0 Å². The monoisotopic (exact) mass is 757 g/mol. The summed E-state index contributed by atoms with van der Waals surface area (Å²) in [6.07, 6.45) is 8.35. The van der Waals surface area contributed by atoms with Gasteiger partial charge in [0.1, 0.15) is 0 Å². The Hall–Kier alpha value is -5.40. The molecular weight excluding hydrogens is 699 g/mol. The van der Waals surface area contributed by atoms with Crippen LogP contribution in [0.1, 0.15) is 105 Å². The van der Waals surface area contributed by atoms with E-state index in [9.17, 15) is 0 Å². The first-order valence-electron chi connectivity index (χ1n) is 21.5. The Bertz CT molecular complexity index is 2910. The van der Waals surface area contributed by atoms with Crippen LogP contribution in [0.25, 0.3) is 65.0 Å². The second kappa shape index (κ2) is 13.6. The summed E-state index contributed by atoms with van der Waals surface area (Å²) in [5.41, 5.74) is 10.7. The predicted molar refractivity (Wildman–Crippen MR) is 255 cm³/mol. The Morgan fingerprint density at radius 1 is 0.552 bits per heavy atom. The highest BCUT2D eigenvalue weighted by Gasteiger charge is 2.29. The average Bonchev–Trinajstić information content (AvgIpc) is 3.19. The molecule has 8 aromatic rings. The standard InChI is InChI=1S/C57H59N/c1-35(2)37-19-30-48-50(34-37)54(58(43-25-21-40(22-26-43)55(3,4)5)44-27-23-41(24-28-44)56(6,7)8)49-15-13-12-14-45(49)53(48)47-29-18-36-16-17-38-32-42(57(9,10)11)33-39-20-31-46(47)52(36)51(38)39/h12-23,25-35,41H,24H2,1-11H3. The Morgan fingerprint density at radius 2 is 1.16 bits per heavy atom. The van der Waals surface area contributed by atoms with Crippen molar-refractivity contribution in [2.75, 3.05) is 4.90 Å². The van der Waals surface area contributed by atoms with Crippen molar-refractivity contribution in [3.8, 4) is 11.1 Å². The molecule has 0 aliphatic heterocycles. The number of allylic oxidation sites excluding steroid dienone is 3. The summed E-state index contributed by atoms with van der Waals surface area (Å²) in [5, 5.41) is 13.1. The zero-order valence-corrected chi connectivity index (χ0v) is 36.5. The van der Waals surface area contributed by atoms with Gasteiger partial charge in [-0.05, 0) is 130 Å². The lowest BCUT2D eigenvalue weighted by Crippen LogP contribution is -2.23. The molecule has 8 aromatic carbocycles. The second-order valence-electron chi connectivity index (χ2n) is 20.5. The van der Waals surface area contributed by atoms with Gasteiger partial charge < -0.3 is 4.90 Å². The maximum atomic E-state index is 2.57. The van der Waals surface area contributed by atoms with Gasteiger partial charge in [-0.1, -0.05) is 185 Å². The van der Waals surface area contributed by atoms with Crippen LogP contribution in [0.5, 0.6) is 0 Å². The molecule has 1 aliphatic rings. The van der Waals surface area contributed by atoms with Gasteiger partial charge in [0.05, 0.1) is 5.69 Å². The van der Waals surface area contributed by atoms with E-state index in [1.807, 2.05) is 0 Å². The van der Waals surface area contributed by atoms with Crippen LogP contribution in [0.2, 0.25) is 0 Å². The highest BCUT2D eigenvalue weighted by atomic mass is 15.2. The lowest BCUT2D eigenvalue weighted by Gasteiger charge is -2.35. The smallest absolute Gasteiger partial charge is 0.0618 e. The number of nitrogens with zero attached hydrogens (tertiary/aromatic N) is 1. The number of anilines is 2. The van der Waals surface area contributed by atoms with E-state index in [0.29, 0.717) is 11.8 Å². The molecule has 0 amide bonds. The first-order chi connectivity index (χ1) is 27.5. The van der Waals surface area contributed by atoms with Crippen molar-refractivity contribution in [3.05, 3.63) is 156 Å². The Morgan fingerprint density at radius 3 is 1.78 bits per heavy atom. The first-order valence-corrected chi connectivity index (χ1v) is 21.5. The second-order valence-corrected chi connectivity index (χ2v) is 20.5. The van der Waals surface area contributed by atoms with Gasteiger partial charge in [-0.2, -0.15) is 0 Å². The fourth-order valence-electron chi connectivity index (χ4n) is 9.47. The molecule has 0 radical (unpaired) electrons. The first kappa shape index (κ1) is 38.1. The Labute approximate surface area is 346 Å². The molecule has 9 rings (SSSR count). The van der Waals surface area contributed by atoms with Crippen LogP contribution in [0.3, 0.4) is 0 Å². The largest absolute Gasteiger partial charge is 0.310 e. The summed E-state index contributed by atoms with van der Waals surface area (Å²) in [5.74, 6) is 0.875. The van der Waals surface area contributed by atoms with E-state index in [0.717, 1.165) is 6.42 Å². The van der Waals surface area contributed by atoms with Crippen molar-refractivity contribution >= 4 is 65.2 Å². The van der Waals surface area contributed by atoms with Crippen LogP contribution in [-0.2, 0) is 10.8 Å². The maximum Gasteiger partial charge on any atom is 0.0618 e. The maximum absolute atomic E-state index is 2.57.